The average Bonchev–Trinajstić information content (AvgIpc) is 2.82. The Morgan fingerprint density at radius 3 is 2.48 bits per heavy atom. The van der Waals surface area contributed by atoms with Crippen molar-refractivity contribution in [3.63, 3.8) is 0 Å². The van der Waals surface area contributed by atoms with E-state index >= 15 is 0 Å². The fourth-order valence-corrected chi connectivity index (χ4v) is 3.29. The van der Waals surface area contributed by atoms with Crippen LogP contribution in [0.15, 0.2) is 71.8 Å². The number of esters is 1. The van der Waals surface area contributed by atoms with Crippen LogP contribution >= 0.6 is 0 Å². The third-order valence-electron chi connectivity index (χ3n) is 4.78. The number of halogens is 2. The lowest BCUT2D eigenvalue weighted by Gasteiger charge is -2.16. The second-order valence-corrected chi connectivity index (χ2v) is 6.84. The summed E-state index contributed by atoms with van der Waals surface area (Å²) >= 11 is 0. The number of nitrogens with zero attached hydrogens (tertiary/aromatic N) is 2. The Morgan fingerprint density at radius 1 is 1.06 bits per heavy atom. The highest BCUT2D eigenvalue weighted by Crippen LogP contribution is 2.27. The highest BCUT2D eigenvalue weighted by molar-refractivity contribution is 5.93. The molecule has 0 fully saturated rings. The molecule has 33 heavy (non-hydrogen) atoms. The normalized spacial score (nSPS) is 10.8. The van der Waals surface area contributed by atoms with Gasteiger partial charge in [-0.05, 0) is 61.0 Å². The van der Waals surface area contributed by atoms with Crippen molar-refractivity contribution in [2.75, 3.05) is 6.61 Å². The van der Waals surface area contributed by atoms with Gasteiger partial charge in [0.15, 0.2) is 17.1 Å². The first-order chi connectivity index (χ1) is 15.9. The van der Waals surface area contributed by atoms with Crippen LogP contribution in [0.25, 0.3) is 22.2 Å². The molecule has 0 radical (unpaired) electrons. The maximum Gasteiger partial charge on any atom is 0.418 e. The Bertz CT molecular complexity index is 1420. The Morgan fingerprint density at radius 2 is 1.82 bits per heavy atom. The molecule has 0 bridgehead atoms. The van der Waals surface area contributed by atoms with Gasteiger partial charge in [0.05, 0.1) is 28.8 Å². The summed E-state index contributed by atoms with van der Waals surface area (Å²) in [4.78, 5) is 41.3. The van der Waals surface area contributed by atoms with Crippen LogP contribution in [0, 0.1) is 11.6 Å². The minimum Gasteiger partial charge on any atom is -0.449 e. The Balaban J connectivity index is 1.78. The van der Waals surface area contributed by atoms with Crippen molar-refractivity contribution >= 4 is 23.0 Å². The zero-order chi connectivity index (χ0) is 23.5. The van der Waals surface area contributed by atoms with E-state index in [1.165, 1.54) is 36.7 Å². The molecule has 7 nitrogen and oxygen atoms in total. The van der Waals surface area contributed by atoms with Crippen molar-refractivity contribution in [1.82, 2.24) is 9.55 Å². The summed E-state index contributed by atoms with van der Waals surface area (Å²) in [5, 5.41) is -0.561. The monoisotopic (exact) mass is 450 g/mol. The molecule has 0 atom stereocenters. The molecule has 0 aliphatic carbocycles. The van der Waals surface area contributed by atoms with Crippen molar-refractivity contribution in [2.45, 2.75) is 6.92 Å². The zero-order valence-corrected chi connectivity index (χ0v) is 17.2. The molecule has 4 aromatic rings. The summed E-state index contributed by atoms with van der Waals surface area (Å²) in [6, 6.07) is 12.1. The summed E-state index contributed by atoms with van der Waals surface area (Å²) in [7, 11) is 0. The number of aromatic nitrogens is 2. The van der Waals surface area contributed by atoms with E-state index in [9.17, 15) is 23.2 Å². The van der Waals surface area contributed by atoms with Crippen molar-refractivity contribution in [3.05, 3.63) is 94.4 Å². The second kappa shape index (κ2) is 8.99. The molecule has 166 valence electrons. The molecule has 0 saturated carbocycles. The molecule has 2 aromatic heterocycles. The predicted octanol–water partition coefficient (Wildman–Crippen LogP) is 4.57. The smallest absolute Gasteiger partial charge is 0.418 e. The van der Waals surface area contributed by atoms with Gasteiger partial charge in [-0.3, -0.25) is 9.78 Å². The van der Waals surface area contributed by atoms with Gasteiger partial charge in [0.1, 0.15) is 5.75 Å². The molecule has 0 spiro atoms. The topological polar surface area (TPSA) is 87.5 Å². The standard InChI is InChI=1S/C24H16F2N2O5/c1-2-32-24(31)28-18-10-9-17(25)22(26)21(18)20(29)12-19(28)14-5-7-16(8-6-14)33-23(30)15-4-3-11-27-13-15/h3-13H,2H2,1H3. The Hall–Kier alpha value is -4.40. The number of fused-ring (bicyclic) bond motifs is 1. The molecular weight excluding hydrogens is 434 g/mol. The Kier molecular flexibility index (Phi) is 5.95. The minimum absolute atomic E-state index is 0.0266. The molecule has 0 saturated heterocycles. The number of rotatable bonds is 4. The second-order valence-electron chi connectivity index (χ2n) is 6.84. The number of hydrogen-bond acceptors (Lipinski definition) is 6. The van der Waals surface area contributed by atoms with Gasteiger partial charge in [-0.1, -0.05) is 0 Å². The van der Waals surface area contributed by atoms with Gasteiger partial charge in [-0.2, -0.15) is 0 Å². The number of ether oxygens (including phenoxy) is 2. The first-order valence-electron chi connectivity index (χ1n) is 9.84. The van der Waals surface area contributed by atoms with E-state index in [1.807, 2.05) is 0 Å². The van der Waals surface area contributed by atoms with E-state index in [4.69, 9.17) is 9.47 Å². The highest BCUT2D eigenvalue weighted by atomic mass is 19.2. The van der Waals surface area contributed by atoms with Crippen LogP contribution in [0.3, 0.4) is 0 Å². The van der Waals surface area contributed by atoms with Crippen LogP contribution in [0.1, 0.15) is 17.3 Å². The quantitative estimate of drug-likeness (QED) is 0.335. The number of carbonyl (C=O) groups excluding carboxylic acids is 2. The predicted molar refractivity (Wildman–Crippen MR) is 115 cm³/mol. The largest absolute Gasteiger partial charge is 0.449 e. The lowest BCUT2D eigenvalue weighted by atomic mass is 10.1. The molecular formula is C24H16F2N2O5. The lowest BCUT2D eigenvalue weighted by Crippen LogP contribution is -2.21. The fourth-order valence-electron chi connectivity index (χ4n) is 3.29. The van der Waals surface area contributed by atoms with Crippen LogP contribution < -0.4 is 10.2 Å². The molecule has 0 amide bonds. The maximum absolute atomic E-state index is 14.3. The SMILES string of the molecule is CCOC(=O)n1c(-c2ccc(OC(=O)c3cccnc3)cc2)cc(=O)c2c(F)c(F)ccc21. The van der Waals surface area contributed by atoms with Gasteiger partial charge < -0.3 is 9.47 Å². The molecule has 2 aromatic carbocycles. The maximum atomic E-state index is 14.3. The van der Waals surface area contributed by atoms with E-state index in [2.05, 4.69) is 4.98 Å². The number of pyridine rings is 2. The van der Waals surface area contributed by atoms with Gasteiger partial charge in [-0.15, -0.1) is 0 Å². The molecule has 0 aliphatic rings. The van der Waals surface area contributed by atoms with E-state index < -0.39 is 34.5 Å². The van der Waals surface area contributed by atoms with Crippen molar-refractivity contribution in [1.29, 1.82) is 0 Å². The van der Waals surface area contributed by atoms with Crippen LogP contribution in [-0.4, -0.2) is 28.2 Å². The molecule has 0 unspecified atom stereocenters. The van der Waals surface area contributed by atoms with E-state index in [-0.39, 0.29) is 29.1 Å². The third-order valence-corrected chi connectivity index (χ3v) is 4.78. The molecule has 4 rings (SSSR count). The van der Waals surface area contributed by atoms with Crippen molar-refractivity contribution in [3.8, 4) is 17.0 Å². The molecule has 0 aliphatic heterocycles. The summed E-state index contributed by atoms with van der Waals surface area (Å²) in [5.41, 5.74) is -0.192. The summed E-state index contributed by atoms with van der Waals surface area (Å²) in [6.07, 6.45) is 2.03. The van der Waals surface area contributed by atoms with Crippen LogP contribution in [-0.2, 0) is 4.74 Å². The summed E-state index contributed by atoms with van der Waals surface area (Å²) < 4.78 is 39.4. The van der Waals surface area contributed by atoms with E-state index in [0.29, 0.717) is 5.56 Å². The third kappa shape index (κ3) is 4.20. The van der Waals surface area contributed by atoms with Crippen LogP contribution in [0.2, 0.25) is 0 Å². The van der Waals surface area contributed by atoms with E-state index in [0.717, 1.165) is 22.8 Å². The van der Waals surface area contributed by atoms with Gasteiger partial charge in [0, 0.05) is 18.5 Å². The first kappa shape index (κ1) is 21.8. The average molecular weight is 450 g/mol. The highest BCUT2D eigenvalue weighted by Gasteiger charge is 2.21. The van der Waals surface area contributed by atoms with Crippen molar-refractivity contribution in [2.24, 2.45) is 0 Å². The summed E-state index contributed by atoms with van der Waals surface area (Å²) in [6.45, 7) is 1.62. The fraction of sp³-hybridized carbons (Fsp3) is 0.0833. The molecule has 9 heteroatoms. The van der Waals surface area contributed by atoms with Gasteiger partial charge in [-0.25, -0.2) is 22.9 Å². The zero-order valence-electron chi connectivity index (χ0n) is 17.2. The van der Waals surface area contributed by atoms with Crippen LogP contribution in [0.5, 0.6) is 5.75 Å². The van der Waals surface area contributed by atoms with E-state index in [1.54, 1.807) is 19.1 Å². The van der Waals surface area contributed by atoms with Gasteiger partial charge in [0.25, 0.3) is 0 Å². The lowest BCUT2D eigenvalue weighted by molar-refractivity contribution is 0.0734. The number of benzene rings is 2. The number of carbonyl (C=O) groups is 2. The van der Waals surface area contributed by atoms with Crippen LogP contribution in [0.4, 0.5) is 13.6 Å². The molecule has 2 heterocycles. The van der Waals surface area contributed by atoms with Crippen molar-refractivity contribution < 1.29 is 27.8 Å². The molecule has 0 N–H and O–H groups in total. The first-order valence-corrected chi connectivity index (χ1v) is 9.84. The van der Waals surface area contributed by atoms with Gasteiger partial charge >= 0.3 is 12.1 Å². The van der Waals surface area contributed by atoms with Gasteiger partial charge in [0.2, 0.25) is 0 Å². The Labute approximate surface area is 185 Å². The minimum atomic E-state index is -1.35. The number of hydrogen-bond donors (Lipinski definition) is 0. The summed E-state index contributed by atoms with van der Waals surface area (Å²) in [5.74, 6) is -2.95.